The van der Waals surface area contributed by atoms with Crippen molar-refractivity contribution in [3.8, 4) is 0 Å². The van der Waals surface area contributed by atoms with Crippen LogP contribution < -0.4 is 10.6 Å². The molecule has 0 saturated carbocycles. The number of piperidine rings is 1. The van der Waals surface area contributed by atoms with Crippen LogP contribution in [-0.4, -0.2) is 24.0 Å². The summed E-state index contributed by atoms with van der Waals surface area (Å²) in [5.74, 6) is 0.112. The Hall–Kier alpha value is -2.20. The molecule has 2 heterocycles. The van der Waals surface area contributed by atoms with Crippen molar-refractivity contribution in [2.45, 2.75) is 32.7 Å². The average molecular weight is 323 g/mol. The first-order valence-corrected chi connectivity index (χ1v) is 8.58. The molecular weight excluding hydrogens is 298 g/mol. The molecule has 0 bridgehead atoms. The number of rotatable bonds is 4. The summed E-state index contributed by atoms with van der Waals surface area (Å²) >= 11 is 0. The summed E-state index contributed by atoms with van der Waals surface area (Å²) in [5, 5.41) is 6.58. The number of hydrogen-bond acceptors (Lipinski definition) is 3. The minimum Gasteiger partial charge on any atom is -0.343 e. The Morgan fingerprint density at radius 3 is 2.67 bits per heavy atom. The lowest BCUT2D eigenvalue weighted by Crippen LogP contribution is -2.47. The highest BCUT2D eigenvalue weighted by atomic mass is 16.2. The lowest BCUT2D eigenvalue weighted by molar-refractivity contribution is -0.132. The maximum absolute atomic E-state index is 13.0. The van der Waals surface area contributed by atoms with Gasteiger partial charge in [-0.15, -0.1) is 0 Å². The average Bonchev–Trinajstić information content (AvgIpc) is 2.61. The molecule has 1 aliphatic heterocycles. The first-order chi connectivity index (χ1) is 11.6. The number of pyridine rings is 1. The van der Waals surface area contributed by atoms with Gasteiger partial charge in [-0.25, -0.2) is 0 Å². The van der Waals surface area contributed by atoms with E-state index in [-0.39, 0.29) is 17.4 Å². The number of hydrogen-bond donors (Lipinski definition) is 2. The molecule has 0 radical (unpaired) electrons. The molecule has 1 aromatic carbocycles. The molecule has 4 nitrogen and oxygen atoms in total. The summed E-state index contributed by atoms with van der Waals surface area (Å²) in [7, 11) is 0. The third-order valence-electron chi connectivity index (χ3n) is 4.89. The van der Waals surface area contributed by atoms with Crippen LogP contribution >= 0.6 is 0 Å². The van der Waals surface area contributed by atoms with E-state index < -0.39 is 0 Å². The summed E-state index contributed by atoms with van der Waals surface area (Å²) in [4.78, 5) is 17.5. The van der Waals surface area contributed by atoms with Crippen LogP contribution in [0.2, 0.25) is 0 Å². The number of nitrogens with zero attached hydrogens (tertiary/aromatic N) is 1. The van der Waals surface area contributed by atoms with Gasteiger partial charge in [-0.1, -0.05) is 42.8 Å². The van der Waals surface area contributed by atoms with E-state index in [9.17, 15) is 4.79 Å². The van der Waals surface area contributed by atoms with Gasteiger partial charge in [0.1, 0.15) is 0 Å². The first kappa shape index (κ1) is 16.7. The van der Waals surface area contributed by atoms with E-state index in [2.05, 4.69) is 47.7 Å². The molecule has 1 amide bonds. The number of carbonyl (C=O) groups excluding carboxylic acids is 1. The summed E-state index contributed by atoms with van der Waals surface area (Å²) in [6.45, 7) is 5.91. The third kappa shape index (κ3) is 3.65. The Balaban J connectivity index is 1.89. The van der Waals surface area contributed by atoms with Gasteiger partial charge in [0, 0.05) is 11.6 Å². The van der Waals surface area contributed by atoms with Gasteiger partial charge in [0.05, 0.1) is 11.7 Å². The fourth-order valence-corrected chi connectivity index (χ4v) is 3.24. The van der Waals surface area contributed by atoms with Crippen LogP contribution in [0.5, 0.6) is 0 Å². The molecule has 3 rings (SSSR count). The zero-order valence-corrected chi connectivity index (χ0v) is 14.4. The first-order valence-electron chi connectivity index (χ1n) is 8.58. The van der Waals surface area contributed by atoms with Crippen molar-refractivity contribution >= 4 is 5.91 Å². The van der Waals surface area contributed by atoms with Crippen LogP contribution in [0, 0.1) is 12.3 Å². The second kappa shape index (κ2) is 7.14. The molecular formula is C20H25N3O. The van der Waals surface area contributed by atoms with Gasteiger partial charge in [-0.05, 0) is 50.6 Å². The molecule has 1 atom stereocenters. The van der Waals surface area contributed by atoms with Crippen molar-refractivity contribution in [2.24, 2.45) is 5.41 Å². The molecule has 0 spiro atoms. The predicted molar refractivity (Wildman–Crippen MR) is 95.6 cm³/mol. The van der Waals surface area contributed by atoms with E-state index in [0.29, 0.717) is 0 Å². The highest BCUT2D eigenvalue weighted by Gasteiger charge is 2.36. The number of aromatic nitrogens is 1. The number of benzene rings is 1. The predicted octanol–water partition coefficient (Wildman–Crippen LogP) is 2.99. The fourth-order valence-electron chi connectivity index (χ4n) is 3.24. The SMILES string of the molecule is Cc1cccc(C(NC(=O)C2(C)CCNCC2)c2ccccn2)c1. The molecule has 1 saturated heterocycles. The lowest BCUT2D eigenvalue weighted by Gasteiger charge is -2.34. The molecule has 2 N–H and O–H groups in total. The van der Waals surface area contributed by atoms with Gasteiger partial charge < -0.3 is 10.6 Å². The molecule has 1 aromatic heterocycles. The number of aryl methyl sites for hydroxylation is 1. The smallest absolute Gasteiger partial charge is 0.226 e. The van der Waals surface area contributed by atoms with Gasteiger partial charge >= 0.3 is 0 Å². The maximum atomic E-state index is 13.0. The van der Waals surface area contributed by atoms with E-state index in [0.717, 1.165) is 37.2 Å². The summed E-state index contributed by atoms with van der Waals surface area (Å²) in [5.41, 5.74) is 2.80. The zero-order valence-electron chi connectivity index (χ0n) is 14.4. The Bertz CT molecular complexity index is 693. The fraction of sp³-hybridized carbons (Fsp3) is 0.400. The number of carbonyl (C=O) groups is 1. The van der Waals surface area contributed by atoms with Crippen molar-refractivity contribution in [1.29, 1.82) is 0 Å². The van der Waals surface area contributed by atoms with Crippen LogP contribution in [0.3, 0.4) is 0 Å². The summed E-state index contributed by atoms with van der Waals surface area (Å²) in [6.07, 6.45) is 3.50. The molecule has 2 aromatic rings. The van der Waals surface area contributed by atoms with Crippen LogP contribution in [0.15, 0.2) is 48.7 Å². The second-order valence-electron chi connectivity index (χ2n) is 6.89. The maximum Gasteiger partial charge on any atom is 0.226 e. The van der Waals surface area contributed by atoms with Crippen LogP contribution in [0.4, 0.5) is 0 Å². The van der Waals surface area contributed by atoms with E-state index in [1.54, 1.807) is 6.20 Å². The standard InChI is InChI=1S/C20H25N3O/c1-15-6-5-7-16(14-15)18(17-8-3-4-11-22-17)23-19(24)20(2)9-12-21-13-10-20/h3-8,11,14,18,21H,9-10,12-13H2,1-2H3,(H,23,24). The Morgan fingerprint density at radius 2 is 2.00 bits per heavy atom. The second-order valence-corrected chi connectivity index (χ2v) is 6.89. The van der Waals surface area contributed by atoms with Gasteiger partial charge in [-0.3, -0.25) is 9.78 Å². The summed E-state index contributed by atoms with van der Waals surface area (Å²) < 4.78 is 0. The Kier molecular flexibility index (Phi) is 4.95. The molecule has 1 aliphatic rings. The highest BCUT2D eigenvalue weighted by molar-refractivity contribution is 5.83. The van der Waals surface area contributed by atoms with Crippen molar-refractivity contribution in [1.82, 2.24) is 15.6 Å². The van der Waals surface area contributed by atoms with Gasteiger partial charge in [0.15, 0.2) is 0 Å². The molecule has 24 heavy (non-hydrogen) atoms. The van der Waals surface area contributed by atoms with Gasteiger partial charge in [0.25, 0.3) is 0 Å². The van der Waals surface area contributed by atoms with Crippen molar-refractivity contribution in [2.75, 3.05) is 13.1 Å². The monoisotopic (exact) mass is 323 g/mol. The van der Waals surface area contributed by atoms with E-state index >= 15 is 0 Å². The normalized spacial score (nSPS) is 17.9. The Morgan fingerprint density at radius 1 is 1.21 bits per heavy atom. The third-order valence-corrected chi connectivity index (χ3v) is 4.89. The molecule has 1 unspecified atom stereocenters. The molecule has 0 aliphatic carbocycles. The largest absolute Gasteiger partial charge is 0.343 e. The topological polar surface area (TPSA) is 54.0 Å². The highest BCUT2D eigenvalue weighted by Crippen LogP contribution is 2.30. The molecule has 126 valence electrons. The van der Waals surface area contributed by atoms with Crippen LogP contribution in [0.1, 0.15) is 42.6 Å². The Labute approximate surface area is 143 Å². The van der Waals surface area contributed by atoms with E-state index in [1.807, 2.05) is 24.3 Å². The lowest BCUT2D eigenvalue weighted by atomic mass is 9.79. The van der Waals surface area contributed by atoms with Gasteiger partial charge in [0.2, 0.25) is 5.91 Å². The number of nitrogens with one attached hydrogen (secondary N) is 2. The molecule has 1 fully saturated rings. The minimum absolute atomic E-state index is 0.112. The molecule has 4 heteroatoms. The van der Waals surface area contributed by atoms with Crippen molar-refractivity contribution in [3.63, 3.8) is 0 Å². The van der Waals surface area contributed by atoms with E-state index in [1.165, 1.54) is 5.56 Å². The minimum atomic E-state index is -0.317. The van der Waals surface area contributed by atoms with Crippen LogP contribution in [-0.2, 0) is 4.79 Å². The van der Waals surface area contributed by atoms with Crippen molar-refractivity contribution < 1.29 is 4.79 Å². The zero-order chi connectivity index (χ0) is 17.0. The van der Waals surface area contributed by atoms with Gasteiger partial charge in [-0.2, -0.15) is 0 Å². The quantitative estimate of drug-likeness (QED) is 0.909. The number of amides is 1. The summed E-state index contributed by atoms with van der Waals surface area (Å²) in [6, 6.07) is 13.9. The van der Waals surface area contributed by atoms with Crippen molar-refractivity contribution in [3.05, 3.63) is 65.5 Å². The van der Waals surface area contributed by atoms with Crippen LogP contribution in [0.25, 0.3) is 0 Å². The van der Waals surface area contributed by atoms with E-state index in [4.69, 9.17) is 0 Å².